The summed E-state index contributed by atoms with van der Waals surface area (Å²) in [6.07, 6.45) is 13.0. The first-order chi connectivity index (χ1) is 7.86. The van der Waals surface area contributed by atoms with Crippen molar-refractivity contribution in [3.8, 4) is 0 Å². The van der Waals surface area contributed by atoms with Crippen LogP contribution in [0.3, 0.4) is 0 Å². The Kier molecular flexibility index (Phi) is 6.64. The van der Waals surface area contributed by atoms with Gasteiger partial charge in [-0.3, -0.25) is 0 Å². The molecule has 0 aliphatic heterocycles. The second-order valence-electron chi connectivity index (χ2n) is 4.26. The number of unbranched alkanes of at least 4 members (excludes halogenated alkanes) is 3. The summed E-state index contributed by atoms with van der Waals surface area (Å²) in [6.45, 7) is 4.39. The minimum absolute atomic E-state index is 1.05. The Bertz CT molecular complexity index is 292. The van der Waals surface area contributed by atoms with Crippen LogP contribution in [0.4, 0.5) is 0 Å². The van der Waals surface area contributed by atoms with Crippen LogP contribution in [0.5, 0.6) is 0 Å². The van der Waals surface area contributed by atoms with Gasteiger partial charge in [-0.25, -0.2) is 0 Å². The predicted octanol–water partition coefficient (Wildman–Crippen LogP) is 4.93. The largest absolute Gasteiger partial charge is 0.0763 e. The molecule has 16 heavy (non-hydrogen) atoms. The van der Waals surface area contributed by atoms with Crippen molar-refractivity contribution in [1.82, 2.24) is 0 Å². The molecule has 1 aromatic carbocycles. The lowest BCUT2D eigenvalue weighted by molar-refractivity contribution is 0.667. The smallest absolute Gasteiger partial charge is 0.0149 e. The van der Waals surface area contributed by atoms with E-state index in [0.717, 1.165) is 6.42 Å². The Labute approximate surface area is 100 Å². The zero-order chi connectivity index (χ0) is 11.6. The van der Waals surface area contributed by atoms with Crippen molar-refractivity contribution >= 4 is 0 Å². The SMILES string of the molecule is CC/C=[C]\c1ccc(CCCCCC)cc1. The topological polar surface area (TPSA) is 0 Å². The van der Waals surface area contributed by atoms with Gasteiger partial charge in [-0.05, 0) is 36.5 Å². The number of benzene rings is 1. The van der Waals surface area contributed by atoms with E-state index in [-0.39, 0.29) is 0 Å². The monoisotopic (exact) mass is 215 g/mol. The summed E-state index contributed by atoms with van der Waals surface area (Å²) in [4.78, 5) is 0. The summed E-state index contributed by atoms with van der Waals surface area (Å²) in [7, 11) is 0. The summed E-state index contributed by atoms with van der Waals surface area (Å²) in [5, 5.41) is 0. The van der Waals surface area contributed by atoms with Gasteiger partial charge in [0.15, 0.2) is 0 Å². The van der Waals surface area contributed by atoms with Crippen molar-refractivity contribution in [3.05, 3.63) is 47.5 Å². The number of allylic oxidation sites excluding steroid dienone is 1. The van der Waals surface area contributed by atoms with Crippen molar-refractivity contribution in [1.29, 1.82) is 0 Å². The first-order valence-electron chi connectivity index (χ1n) is 6.54. The molecular formula is C16H23. The van der Waals surface area contributed by atoms with E-state index in [1.54, 1.807) is 0 Å². The van der Waals surface area contributed by atoms with Crippen LogP contribution < -0.4 is 0 Å². The summed E-state index contributed by atoms with van der Waals surface area (Å²) in [5.74, 6) is 0. The average molecular weight is 215 g/mol. The van der Waals surface area contributed by atoms with Crippen LogP contribution in [-0.4, -0.2) is 0 Å². The Morgan fingerprint density at radius 2 is 1.75 bits per heavy atom. The Morgan fingerprint density at radius 3 is 2.38 bits per heavy atom. The molecule has 0 heterocycles. The molecule has 0 aliphatic carbocycles. The lowest BCUT2D eigenvalue weighted by Gasteiger charge is -2.01. The zero-order valence-corrected chi connectivity index (χ0v) is 10.6. The molecule has 0 heteroatoms. The highest BCUT2D eigenvalue weighted by molar-refractivity contribution is 5.27. The van der Waals surface area contributed by atoms with Crippen molar-refractivity contribution in [2.75, 3.05) is 0 Å². The third-order valence-electron chi connectivity index (χ3n) is 2.75. The minimum Gasteiger partial charge on any atom is -0.0763 e. The Balaban J connectivity index is 2.36. The van der Waals surface area contributed by atoms with Gasteiger partial charge < -0.3 is 0 Å². The Hall–Kier alpha value is -1.04. The minimum atomic E-state index is 1.05. The second kappa shape index (κ2) is 8.15. The summed E-state index contributed by atoms with van der Waals surface area (Å²) < 4.78 is 0. The molecule has 0 spiro atoms. The summed E-state index contributed by atoms with van der Waals surface area (Å²) in [6, 6.07) is 8.80. The average Bonchev–Trinajstić information content (AvgIpc) is 2.33. The molecular weight excluding hydrogens is 192 g/mol. The van der Waals surface area contributed by atoms with E-state index >= 15 is 0 Å². The van der Waals surface area contributed by atoms with Gasteiger partial charge in [0.2, 0.25) is 0 Å². The van der Waals surface area contributed by atoms with Gasteiger partial charge in [0.25, 0.3) is 0 Å². The molecule has 0 unspecified atom stereocenters. The number of hydrogen-bond acceptors (Lipinski definition) is 0. The normalized spacial score (nSPS) is 11.1. The molecule has 0 bridgehead atoms. The van der Waals surface area contributed by atoms with Gasteiger partial charge in [-0.15, -0.1) is 0 Å². The maximum Gasteiger partial charge on any atom is -0.0149 e. The van der Waals surface area contributed by atoms with E-state index in [4.69, 9.17) is 0 Å². The van der Waals surface area contributed by atoms with E-state index in [9.17, 15) is 0 Å². The van der Waals surface area contributed by atoms with Gasteiger partial charge in [0.1, 0.15) is 0 Å². The molecule has 0 nitrogen and oxygen atoms in total. The lowest BCUT2D eigenvalue weighted by Crippen LogP contribution is -1.86. The van der Waals surface area contributed by atoms with Crippen LogP contribution >= 0.6 is 0 Å². The van der Waals surface area contributed by atoms with Crippen molar-refractivity contribution < 1.29 is 0 Å². The molecule has 0 fully saturated rings. The molecule has 0 aliphatic rings. The van der Waals surface area contributed by atoms with E-state index in [2.05, 4.69) is 50.3 Å². The van der Waals surface area contributed by atoms with Crippen LogP contribution in [0, 0.1) is 6.08 Å². The van der Waals surface area contributed by atoms with E-state index in [0.29, 0.717) is 0 Å². The van der Waals surface area contributed by atoms with Crippen molar-refractivity contribution in [3.63, 3.8) is 0 Å². The van der Waals surface area contributed by atoms with Crippen LogP contribution in [-0.2, 0) is 6.42 Å². The quantitative estimate of drug-likeness (QED) is 0.566. The maximum atomic E-state index is 3.27. The highest BCUT2D eigenvalue weighted by Crippen LogP contribution is 2.10. The molecule has 1 rings (SSSR count). The lowest BCUT2D eigenvalue weighted by atomic mass is 10.0. The molecule has 0 saturated carbocycles. The molecule has 0 N–H and O–H groups in total. The van der Waals surface area contributed by atoms with Gasteiger partial charge in [0.05, 0.1) is 0 Å². The molecule has 1 aromatic rings. The first kappa shape index (κ1) is 13.0. The first-order valence-corrected chi connectivity index (χ1v) is 6.54. The highest BCUT2D eigenvalue weighted by atomic mass is 14.0. The molecule has 0 aromatic heterocycles. The van der Waals surface area contributed by atoms with E-state index in [1.165, 1.54) is 43.2 Å². The summed E-state index contributed by atoms with van der Waals surface area (Å²) in [5.41, 5.74) is 2.65. The van der Waals surface area contributed by atoms with Crippen molar-refractivity contribution in [2.24, 2.45) is 0 Å². The fourth-order valence-corrected chi connectivity index (χ4v) is 1.74. The predicted molar refractivity (Wildman–Crippen MR) is 71.5 cm³/mol. The van der Waals surface area contributed by atoms with Crippen LogP contribution in [0.25, 0.3) is 0 Å². The molecule has 1 radical (unpaired) electrons. The molecule has 0 saturated heterocycles. The van der Waals surface area contributed by atoms with E-state index < -0.39 is 0 Å². The fraction of sp³-hybridized carbons (Fsp3) is 0.500. The van der Waals surface area contributed by atoms with Gasteiger partial charge in [-0.1, -0.05) is 63.5 Å². The number of aryl methyl sites for hydroxylation is 1. The molecule has 87 valence electrons. The number of hydrogen-bond donors (Lipinski definition) is 0. The zero-order valence-electron chi connectivity index (χ0n) is 10.6. The second-order valence-corrected chi connectivity index (χ2v) is 4.26. The third-order valence-corrected chi connectivity index (χ3v) is 2.75. The van der Waals surface area contributed by atoms with E-state index in [1.807, 2.05) is 0 Å². The summed E-state index contributed by atoms with van der Waals surface area (Å²) >= 11 is 0. The third kappa shape index (κ3) is 5.16. The van der Waals surface area contributed by atoms with Crippen LogP contribution in [0.2, 0.25) is 0 Å². The fourth-order valence-electron chi connectivity index (χ4n) is 1.74. The van der Waals surface area contributed by atoms with Crippen molar-refractivity contribution in [2.45, 2.75) is 52.4 Å². The number of rotatable bonds is 7. The standard InChI is InChI=1S/C16H23/c1-3-5-7-8-10-16-13-11-15(12-14-16)9-6-4-2/h6,11-14H,3-5,7-8,10H2,1-2H3. The molecule has 0 amide bonds. The van der Waals surface area contributed by atoms with Gasteiger partial charge in [0, 0.05) is 0 Å². The Morgan fingerprint density at radius 1 is 1.00 bits per heavy atom. The van der Waals surface area contributed by atoms with Gasteiger partial charge >= 0.3 is 0 Å². The van der Waals surface area contributed by atoms with Crippen LogP contribution in [0.15, 0.2) is 30.3 Å². The highest BCUT2D eigenvalue weighted by Gasteiger charge is 1.93. The maximum absolute atomic E-state index is 3.27. The molecule has 0 atom stereocenters. The van der Waals surface area contributed by atoms with Gasteiger partial charge in [-0.2, -0.15) is 0 Å². The van der Waals surface area contributed by atoms with Crippen LogP contribution in [0.1, 0.15) is 57.1 Å².